The number of carbonyl (C=O) groups excluding carboxylic acids is 4. The second-order valence-corrected chi connectivity index (χ2v) is 9.71. The molecule has 3 aromatic rings. The Morgan fingerprint density at radius 1 is 0.881 bits per heavy atom. The summed E-state index contributed by atoms with van der Waals surface area (Å²) >= 11 is 0. The van der Waals surface area contributed by atoms with Crippen LogP contribution in [-0.2, 0) is 9.59 Å². The third kappa shape index (κ3) is 6.54. The molecule has 0 aliphatic carbocycles. The Morgan fingerprint density at radius 2 is 1.52 bits per heavy atom. The molecule has 0 aromatic heterocycles. The average molecular weight is 577 g/mol. The molecule has 0 radical (unpaired) electrons. The molecule has 3 aromatic carbocycles. The maximum absolute atomic E-state index is 13.5. The molecule has 0 saturated heterocycles. The van der Waals surface area contributed by atoms with Gasteiger partial charge in [0.2, 0.25) is 17.6 Å². The number of rotatable bonds is 10. The van der Waals surface area contributed by atoms with Gasteiger partial charge in [-0.25, -0.2) is 0 Å². The number of nitrogens with two attached hydrogens (primary N) is 1. The van der Waals surface area contributed by atoms with Gasteiger partial charge < -0.3 is 40.6 Å². The van der Waals surface area contributed by atoms with Crippen LogP contribution >= 0.6 is 0 Å². The smallest absolute Gasteiger partial charge is 0.256 e. The molecule has 4 rings (SSSR count). The van der Waals surface area contributed by atoms with Crippen molar-refractivity contribution in [3.8, 4) is 28.7 Å². The summed E-state index contributed by atoms with van der Waals surface area (Å²) in [7, 11) is 4.33. The summed E-state index contributed by atoms with van der Waals surface area (Å²) in [6, 6.07) is 10.5. The molecule has 1 aliphatic rings. The maximum atomic E-state index is 13.5. The van der Waals surface area contributed by atoms with Crippen LogP contribution in [0.3, 0.4) is 0 Å². The van der Waals surface area contributed by atoms with Crippen molar-refractivity contribution in [2.24, 2.45) is 5.73 Å². The predicted molar refractivity (Wildman–Crippen MR) is 155 cm³/mol. The topological polar surface area (TPSA) is 167 Å². The maximum Gasteiger partial charge on any atom is 0.256 e. The molecule has 1 aliphatic heterocycles. The van der Waals surface area contributed by atoms with Gasteiger partial charge in [-0.15, -0.1) is 0 Å². The Balaban J connectivity index is 1.77. The minimum absolute atomic E-state index is 0.0253. The van der Waals surface area contributed by atoms with Gasteiger partial charge in [0, 0.05) is 12.0 Å². The van der Waals surface area contributed by atoms with Crippen LogP contribution in [0.4, 0.5) is 11.4 Å². The van der Waals surface area contributed by atoms with E-state index in [9.17, 15) is 19.2 Å². The summed E-state index contributed by atoms with van der Waals surface area (Å²) in [5, 5.41) is 8.14. The fourth-order valence-electron chi connectivity index (χ4n) is 4.59. The quantitative estimate of drug-likeness (QED) is 0.283. The molecule has 1 atom stereocenters. The molecule has 0 bridgehead atoms. The van der Waals surface area contributed by atoms with Crippen molar-refractivity contribution >= 4 is 35.0 Å². The first-order valence-corrected chi connectivity index (χ1v) is 13.0. The normalized spacial score (nSPS) is 14.1. The zero-order valence-corrected chi connectivity index (χ0v) is 23.9. The first kappa shape index (κ1) is 29.7. The van der Waals surface area contributed by atoms with Gasteiger partial charge in [-0.2, -0.15) is 0 Å². The molecular formula is C30H32N4O8. The summed E-state index contributed by atoms with van der Waals surface area (Å²) in [6.45, 7) is 3.83. The molecule has 12 nitrogen and oxygen atoms in total. The Bertz CT molecular complexity index is 1520. The zero-order valence-electron chi connectivity index (χ0n) is 23.9. The van der Waals surface area contributed by atoms with Gasteiger partial charge in [0.15, 0.2) is 17.2 Å². The lowest BCUT2D eigenvalue weighted by Gasteiger charge is -2.17. The number of carbonyl (C=O) groups is 4. The number of benzene rings is 3. The van der Waals surface area contributed by atoms with Crippen molar-refractivity contribution in [3.05, 3.63) is 64.7 Å². The van der Waals surface area contributed by atoms with Crippen molar-refractivity contribution in [2.75, 3.05) is 32.0 Å². The molecule has 0 spiro atoms. The van der Waals surface area contributed by atoms with E-state index in [2.05, 4.69) is 16.0 Å². The number of aryl methyl sites for hydroxylation is 2. The number of fused-ring (bicyclic) bond motifs is 1. The second-order valence-electron chi connectivity index (χ2n) is 9.71. The van der Waals surface area contributed by atoms with E-state index in [1.54, 1.807) is 0 Å². The Morgan fingerprint density at radius 3 is 2.10 bits per heavy atom. The van der Waals surface area contributed by atoms with Crippen molar-refractivity contribution in [3.63, 3.8) is 0 Å². The van der Waals surface area contributed by atoms with Crippen molar-refractivity contribution in [2.45, 2.75) is 32.7 Å². The summed E-state index contributed by atoms with van der Waals surface area (Å²) < 4.78 is 22.3. The van der Waals surface area contributed by atoms with Crippen LogP contribution in [0, 0.1) is 13.8 Å². The van der Waals surface area contributed by atoms with Crippen molar-refractivity contribution in [1.82, 2.24) is 5.32 Å². The monoisotopic (exact) mass is 576 g/mol. The molecular weight excluding hydrogens is 544 g/mol. The van der Waals surface area contributed by atoms with Gasteiger partial charge >= 0.3 is 0 Å². The van der Waals surface area contributed by atoms with Gasteiger partial charge in [0.05, 0.1) is 38.3 Å². The largest absolute Gasteiger partial charge is 0.493 e. The van der Waals surface area contributed by atoms with Crippen LogP contribution in [0.25, 0.3) is 0 Å². The number of hydrogen-bond donors (Lipinski definition) is 4. The molecule has 0 unspecified atom stereocenters. The third-order valence-corrected chi connectivity index (χ3v) is 6.52. The first-order chi connectivity index (χ1) is 20.0. The highest BCUT2D eigenvalue weighted by Crippen LogP contribution is 2.40. The lowest BCUT2D eigenvalue weighted by Crippen LogP contribution is -2.41. The van der Waals surface area contributed by atoms with E-state index in [0.29, 0.717) is 11.5 Å². The van der Waals surface area contributed by atoms with Gasteiger partial charge in [0.1, 0.15) is 11.8 Å². The average Bonchev–Trinajstić information content (AvgIpc) is 3.05. The van der Waals surface area contributed by atoms with Crippen LogP contribution < -0.4 is 40.6 Å². The predicted octanol–water partition coefficient (Wildman–Crippen LogP) is 3.69. The highest BCUT2D eigenvalue weighted by molar-refractivity contribution is 6.12. The highest BCUT2D eigenvalue weighted by atomic mass is 16.5. The van der Waals surface area contributed by atoms with Crippen molar-refractivity contribution < 1.29 is 38.1 Å². The molecule has 12 heteroatoms. The number of nitrogens with one attached hydrogen (secondary N) is 3. The molecule has 5 N–H and O–H groups in total. The summed E-state index contributed by atoms with van der Waals surface area (Å²) in [4.78, 5) is 50.9. The summed E-state index contributed by atoms with van der Waals surface area (Å²) in [6.07, 6.45) is -0.0660. The number of primary amides is 1. The lowest BCUT2D eigenvalue weighted by molar-refractivity contribution is -0.119. The van der Waals surface area contributed by atoms with Gasteiger partial charge in [-0.3, -0.25) is 19.2 Å². The number of ether oxygens (including phenoxy) is 4. The highest BCUT2D eigenvalue weighted by Gasteiger charge is 2.30. The zero-order chi connectivity index (χ0) is 30.6. The molecule has 220 valence electrons. The number of methoxy groups -OCH3 is 3. The van der Waals surface area contributed by atoms with E-state index in [1.165, 1.54) is 45.6 Å². The molecule has 42 heavy (non-hydrogen) atoms. The van der Waals surface area contributed by atoms with Crippen LogP contribution in [0.15, 0.2) is 42.5 Å². The van der Waals surface area contributed by atoms with Crippen LogP contribution in [-0.4, -0.2) is 51.0 Å². The van der Waals surface area contributed by atoms with E-state index in [0.717, 1.165) is 11.1 Å². The van der Waals surface area contributed by atoms with E-state index in [4.69, 9.17) is 24.7 Å². The number of hydrogen-bond acceptors (Lipinski definition) is 8. The standard InChI is InChI=1S/C30H32N4O8/c1-15-8-16(2)10-18(9-15)42-23-13-19-21(33-30(38)20(32-29(19)37)6-7-26(31)35)14-22(23)34-28(36)17-11-24(39-3)27(41-5)25(12-17)40-4/h8-14,20H,6-7H2,1-5H3,(H2,31,35)(H,32,37)(H,33,38)(H,34,36)/t20-/m1/s1. The molecule has 0 fully saturated rings. The SMILES string of the molecule is COc1cc(C(=O)Nc2cc3c(cc2Oc2cc(C)cc(C)c2)C(=O)N[C@H](CCC(N)=O)C(=O)N3)cc(OC)c1OC. The fraction of sp³-hybridized carbons (Fsp3) is 0.267. The fourth-order valence-corrected chi connectivity index (χ4v) is 4.59. The first-order valence-electron chi connectivity index (χ1n) is 13.0. The minimum atomic E-state index is -0.988. The lowest BCUT2D eigenvalue weighted by atomic mass is 10.1. The van der Waals surface area contributed by atoms with Gasteiger partial charge in [-0.05, 0) is 67.8 Å². The van der Waals surface area contributed by atoms with Gasteiger partial charge in [-0.1, -0.05) is 6.07 Å². The van der Waals surface area contributed by atoms with Crippen LogP contribution in [0.2, 0.25) is 0 Å². The van der Waals surface area contributed by atoms with Gasteiger partial charge in [0.25, 0.3) is 11.8 Å². The summed E-state index contributed by atoms with van der Waals surface area (Å²) in [5.41, 5.74) is 7.74. The minimum Gasteiger partial charge on any atom is -0.493 e. The molecule has 4 amide bonds. The van der Waals surface area contributed by atoms with E-state index in [1.807, 2.05) is 32.0 Å². The van der Waals surface area contributed by atoms with E-state index >= 15 is 0 Å². The third-order valence-electron chi connectivity index (χ3n) is 6.52. The Labute approximate surface area is 242 Å². The van der Waals surface area contributed by atoms with E-state index in [-0.39, 0.29) is 52.6 Å². The molecule has 1 heterocycles. The van der Waals surface area contributed by atoms with Crippen LogP contribution in [0.5, 0.6) is 28.7 Å². The number of amides is 4. The van der Waals surface area contributed by atoms with Crippen LogP contribution in [0.1, 0.15) is 44.7 Å². The summed E-state index contributed by atoms with van der Waals surface area (Å²) in [5.74, 6) is -0.738. The number of anilines is 2. The second kappa shape index (κ2) is 12.5. The van der Waals surface area contributed by atoms with Crippen molar-refractivity contribution in [1.29, 1.82) is 0 Å². The molecule has 0 saturated carbocycles. The Hall–Kier alpha value is -5.26. The Kier molecular flexibility index (Phi) is 8.84. The van der Waals surface area contributed by atoms with E-state index < -0.39 is 29.7 Å².